The molecule has 0 atom stereocenters. The second kappa shape index (κ2) is 6.78. The first-order valence-electron chi connectivity index (χ1n) is 6.36. The van der Waals surface area contributed by atoms with E-state index >= 15 is 0 Å². The maximum Gasteiger partial charge on any atom is 0.323 e. The third kappa shape index (κ3) is 3.98. The monoisotopic (exact) mass is 295 g/mol. The maximum absolute atomic E-state index is 13.1. The highest BCUT2D eigenvalue weighted by molar-refractivity contribution is 5.36. The topological polar surface area (TPSA) is 72.0 Å². The van der Waals surface area contributed by atoms with Gasteiger partial charge in [-0.25, -0.2) is 8.78 Å². The Bertz CT molecular complexity index is 624. The van der Waals surface area contributed by atoms with Gasteiger partial charge in [-0.2, -0.15) is 15.0 Å². The molecule has 6 nitrogen and oxygen atoms in total. The summed E-state index contributed by atoms with van der Waals surface area (Å²) < 4.78 is 31.2. The van der Waals surface area contributed by atoms with Crippen molar-refractivity contribution in [3.63, 3.8) is 0 Å². The number of nitrogens with one attached hydrogen (secondary N) is 2. The molecule has 21 heavy (non-hydrogen) atoms. The highest BCUT2D eigenvalue weighted by atomic mass is 19.2. The van der Waals surface area contributed by atoms with E-state index in [-0.39, 0.29) is 18.5 Å². The summed E-state index contributed by atoms with van der Waals surface area (Å²) in [6.45, 7) is 2.49. The molecule has 1 aromatic carbocycles. The fourth-order valence-electron chi connectivity index (χ4n) is 1.57. The molecule has 0 radical (unpaired) electrons. The van der Waals surface area contributed by atoms with Crippen molar-refractivity contribution < 1.29 is 13.5 Å². The average Bonchev–Trinajstić information content (AvgIpc) is 2.48. The predicted molar refractivity (Wildman–Crippen MR) is 74.2 cm³/mol. The Kier molecular flexibility index (Phi) is 4.81. The zero-order valence-corrected chi connectivity index (χ0v) is 11.7. The van der Waals surface area contributed by atoms with Crippen molar-refractivity contribution in [3.8, 4) is 6.01 Å². The van der Waals surface area contributed by atoms with Crippen LogP contribution in [0.15, 0.2) is 18.2 Å². The molecule has 0 bridgehead atoms. The van der Waals surface area contributed by atoms with E-state index in [1.165, 1.54) is 6.07 Å². The van der Waals surface area contributed by atoms with Crippen LogP contribution in [0.1, 0.15) is 12.5 Å². The van der Waals surface area contributed by atoms with Crippen LogP contribution >= 0.6 is 0 Å². The number of anilines is 2. The van der Waals surface area contributed by atoms with Crippen LogP contribution in [-0.4, -0.2) is 28.6 Å². The van der Waals surface area contributed by atoms with E-state index in [2.05, 4.69) is 25.6 Å². The standard InChI is InChI=1S/C13H15F2N5O/c1-3-21-13-19-11(16-2)18-12(20-13)17-7-8-4-5-9(14)10(15)6-8/h4-6H,3,7H2,1-2H3,(H2,16,17,18,19,20). The Morgan fingerprint density at radius 2 is 1.86 bits per heavy atom. The zero-order valence-electron chi connectivity index (χ0n) is 11.7. The number of nitrogens with zero attached hydrogens (tertiary/aromatic N) is 3. The summed E-state index contributed by atoms with van der Waals surface area (Å²) in [6.07, 6.45) is 0. The number of halogens is 2. The van der Waals surface area contributed by atoms with Gasteiger partial charge in [0, 0.05) is 13.6 Å². The molecule has 112 valence electrons. The van der Waals surface area contributed by atoms with Gasteiger partial charge in [0.15, 0.2) is 11.6 Å². The molecule has 8 heteroatoms. The van der Waals surface area contributed by atoms with Gasteiger partial charge in [0.1, 0.15) is 0 Å². The van der Waals surface area contributed by atoms with Crippen LogP contribution < -0.4 is 15.4 Å². The van der Waals surface area contributed by atoms with Crippen molar-refractivity contribution in [3.05, 3.63) is 35.4 Å². The summed E-state index contributed by atoms with van der Waals surface area (Å²) in [5.74, 6) is -1.14. The third-order valence-electron chi connectivity index (χ3n) is 2.55. The first kappa shape index (κ1) is 14.9. The maximum atomic E-state index is 13.1. The van der Waals surface area contributed by atoms with E-state index in [0.29, 0.717) is 18.1 Å². The molecule has 0 amide bonds. The molecule has 1 aromatic heterocycles. The summed E-state index contributed by atoms with van der Waals surface area (Å²) in [5, 5.41) is 5.70. The second-order valence-corrected chi connectivity index (χ2v) is 4.05. The minimum atomic E-state index is -0.893. The lowest BCUT2D eigenvalue weighted by Gasteiger charge is -2.08. The Balaban J connectivity index is 2.11. The number of hydrogen-bond acceptors (Lipinski definition) is 6. The predicted octanol–water partition coefficient (Wildman–Crippen LogP) is 2.20. The molecule has 0 aliphatic carbocycles. The largest absolute Gasteiger partial charge is 0.464 e. The van der Waals surface area contributed by atoms with Crippen molar-refractivity contribution in [2.24, 2.45) is 0 Å². The van der Waals surface area contributed by atoms with E-state index in [4.69, 9.17) is 4.74 Å². The van der Waals surface area contributed by atoms with E-state index in [1.54, 1.807) is 7.05 Å². The quantitative estimate of drug-likeness (QED) is 0.851. The number of benzene rings is 1. The number of ether oxygens (including phenoxy) is 1. The summed E-state index contributed by atoms with van der Waals surface area (Å²) in [6, 6.07) is 3.86. The minimum Gasteiger partial charge on any atom is -0.464 e. The van der Waals surface area contributed by atoms with Crippen LogP contribution in [0.3, 0.4) is 0 Å². The number of aromatic nitrogens is 3. The SMILES string of the molecule is CCOc1nc(NC)nc(NCc2ccc(F)c(F)c2)n1. The lowest BCUT2D eigenvalue weighted by atomic mass is 10.2. The summed E-state index contributed by atoms with van der Waals surface area (Å²) >= 11 is 0. The Morgan fingerprint density at radius 1 is 1.10 bits per heavy atom. The van der Waals surface area contributed by atoms with Crippen LogP contribution in [-0.2, 0) is 6.54 Å². The molecule has 0 aliphatic heterocycles. The lowest BCUT2D eigenvalue weighted by Crippen LogP contribution is -2.09. The van der Waals surface area contributed by atoms with Crippen molar-refractivity contribution in [2.45, 2.75) is 13.5 Å². The fraction of sp³-hybridized carbons (Fsp3) is 0.308. The van der Waals surface area contributed by atoms with Crippen molar-refractivity contribution in [1.29, 1.82) is 0 Å². The van der Waals surface area contributed by atoms with Crippen LogP contribution in [0.4, 0.5) is 20.7 Å². The molecule has 0 spiro atoms. The fourth-order valence-corrected chi connectivity index (χ4v) is 1.57. The van der Waals surface area contributed by atoms with E-state index < -0.39 is 11.6 Å². The summed E-state index contributed by atoms with van der Waals surface area (Å²) in [4.78, 5) is 12.2. The highest BCUT2D eigenvalue weighted by Crippen LogP contribution is 2.13. The molecule has 0 saturated heterocycles. The molecule has 2 rings (SSSR count). The Hall–Kier alpha value is -2.51. The smallest absolute Gasteiger partial charge is 0.323 e. The first-order chi connectivity index (χ1) is 10.1. The second-order valence-electron chi connectivity index (χ2n) is 4.05. The van der Waals surface area contributed by atoms with Crippen LogP contribution in [0.2, 0.25) is 0 Å². The number of hydrogen-bond donors (Lipinski definition) is 2. The third-order valence-corrected chi connectivity index (χ3v) is 2.55. The van der Waals surface area contributed by atoms with Gasteiger partial charge >= 0.3 is 6.01 Å². The molecular formula is C13H15F2N5O. The van der Waals surface area contributed by atoms with E-state index in [9.17, 15) is 8.78 Å². The van der Waals surface area contributed by atoms with Crippen LogP contribution in [0.25, 0.3) is 0 Å². The van der Waals surface area contributed by atoms with Crippen LogP contribution in [0, 0.1) is 11.6 Å². The first-order valence-corrected chi connectivity index (χ1v) is 6.36. The number of rotatable bonds is 6. The van der Waals surface area contributed by atoms with Gasteiger partial charge in [-0.15, -0.1) is 0 Å². The molecule has 0 fully saturated rings. The Labute approximate surface area is 120 Å². The molecule has 0 saturated carbocycles. The molecular weight excluding hydrogens is 280 g/mol. The summed E-state index contributed by atoms with van der Waals surface area (Å²) in [5.41, 5.74) is 0.568. The minimum absolute atomic E-state index is 0.185. The van der Waals surface area contributed by atoms with Gasteiger partial charge in [-0.05, 0) is 24.6 Å². The molecule has 0 unspecified atom stereocenters. The highest BCUT2D eigenvalue weighted by Gasteiger charge is 2.07. The van der Waals surface area contributed by atoms with Gasteiger partial charge in [-0.1, -0.05) is 6.07 Å². The van der Waals surface area contributed by atoms with Crippen LogP contribution in [0.5, 0.6) is 6.01 Å². The van der Waals surface area contributed by atoms with Gasteiger partial charge in [0.25, 0.3) is 0 Å². The van der Waals surface area contributed by atoms with Gasteiger partial charge in [-0.3, -0.25) is 0 Å². The van der Waals surface area contributed by atoms with Crippen molar-refractivity contribution in [1.82, 2.24) is 15.0 Å². The van der Waals surface area contributed by atoms with Gasteiger partial charge < -0.3 is 15.4 Å². The van der Waals surface area contributed by atoms with Crippen molar-refractivity contribution >= 4 is 11.9 Å². The van der Waals surface area contributed by atoms with Gasteiger partial charge in [0.2, 0.25) is 11.9 Å². The molecule has 2 aromatic rings. The van der Waals surface area contributed by atoms with Crippen molar-refractivity contribution in [2.75, 3.05) is 24.3 Å². The molecule has 1 heterocycles. The molecule has 0 aliphatic rings. The Morgan fingerprint density at radius 3 is 2.52 bits per heavy atom. The van der Waals surface area contributed by atoms with Gasteiger partial charge in [0.05, 0.1) is 6.61 Å². The normalized spacial score (nSPS) is 10.3. The van der Waals surface area contributed by atoms with E-state index in [0.717, 1.165) is 12.1 Å². The average molecular weight is 295 g/mol. The lowest BCUT2D eigenvalue weighted by molar-refractivity contribution is 0.312. The zero-order chi connectivity index (χ0) is 15.2. The molecule has 2 N–H and O–H groups in total. The van der Waals surface area contributed by atoms with E-state index in [1.807, 2.05) is 6.92 Å². The summed E-state index contributed by atoms with van der Waals surface area (Å²) in [7, 11) is 1.67.